The molecule has 0 bridgehead atoms. The zero-order chi connectivity index (χ0) is 17.8. The minimum absolute atomic E-state index is 0.0207. The van der Waals surface area contributed by atoms with Crippen molar-refractivity contribution in [3.63, 3.8) is 0 Å². The Balaban J connectivity index is 1.55. The summed E-state index contributed by atoms with van der Waals surface area (Å²) in [6.07, 6.45) is 9.74. The van der Waals surface area contributed by atoms with Crippen LogP contribution in [0, 0.1) is 12.8 Å². The van der Waals surface area contributed by atoms with Crippen LogP contribution in [0.1, 0.15) is 44.1 Å². The number of carbonyl (C=O) groups is 1. The van der Waals surface area contributed by atoms with Gasteiger partial charge in [-0.15, -0.1) is 0 Å². The van der Waals surface area contributed by atoms with Crippen LogP contribution in [0.3, 0.4) is 0 Å². The van der Waals surface area contributed by atoms with Crippen LogP contribution in [-0.4, -0.2) is 43.4 Å². The molecule has 1 N–H and O–H groups in total. The Hall–Kier alpha value is -2.31. The lowest BCUT2D eigenvalue weighted by molar-refractivity contribution is 0.162. The maximum Gasteiger partial charge on any atom is 0.317 e. The van der Waals surface area contributed by atoms with E-state index in [1.165, 1.54) is 0 Å². The van der Waals surface area contributed by atoms with Gasteiger partial charge in [0.2, 0.25) is 0 Å². The molecule has 1 aliphatic heterocycles. The van der Waals surface area contributed by atoms with E-state index in [1.807, 2.05) is 28.9 Å². The van der Waals surface area contributed by atoms with Crippen LogP contribution in [0.25, 0.3) is 0 Å². The molecule has 2 amide bonds. The van der Waals surface area contributed by atoms with E-state index in [1.54, 1.807) is 6.20 Å². The Morgan fingerprint density at radius 1 is 1.44 bits per heavy atom. The van der Waals surface area contributed by atoms with Crippen LogP contribution in [0.5, 0.6) is 0 Å². The number of amides is 2. The van der Waals surface area contributed by atoms with Gasteiger partial charge in [0.1, 0.15) is 5.82 Å². The number of aromatic nitrogens is 4. The number of carbonyl (C=O) groups excluding carboxylic acids is 1. The van der Waals surface area contributed by atoms with Crippen molar-refractivity contribution in [2.24, 2.45) is 5.92 Å². The summed E-state index contributed by atoms with van der Waals surface area (Å²) in [4.78, 5) is 18.8. The van der Waals surface area contributed by atoms with Gasteiger partial charge in [-0.3, -0.25) is 4.68 Å². The van der Waals surface area contributed by atoms with Gasteiger partial charge in [-0.1, -0.05) is 13.8 Å². The Morgan fingerprint density at radius 2 is 2.28 bits per heavy atom. The van der Waals surface area contributed by atoms with E-state index in [0.717, 1.165) is 37.3 Å². The number of aryl methyl sites for hydroxylation is 1. The van der Waals surface area contributed by atoms with E-state index in [4.69, 9.17) is 0 Å². The van der Waals surface area contributed by atoms with Gasteiger partial charge in [0.25, 0.3) is 0 Å². The fourth-order valence-corrected chi connectivity index (χ4v) is 3.32. The molecule has 25 heavy (non-hydrogen) atoms. The van der Waals surface area contributed by atoms with Crippen molar-refractivity contribution < 1.29 is 4.79 Å². The van der Waals surface area contributed by atoms with E-state index >= 15 is 0 Å². The van der Waals surface area contributed by atoms with E-state index < -0.39 is 0 Å². The summed E-state index contributed by atoms with van der Waals surface area (Å²) >= 11 is 0. The molecule has 1 fully saturated rings. The lowest BCUT2D eigenvalue weighted by Crippen LogP contribution is -2.46. The summed E-state index contributed by atoms with van der Waals surface area (Å²) in [7, 11) is 0. The van der Waals surface area contributed by atoms with Crippen molar-refractivity contribution in [2.45, 2.75) is 52.7 Å². The smallest absolute Gasteiger partial charge is 0.317 e. The average molecular weight is 344 g/mol. The Kier molecular flexibility index (Phi) is 5.40. The first-order chi connectivity index (χ1) is 12.0. The first kappa shape index (κ1) is 17.5. The molecule has 2 aromatic heterocycles. The molecular weight excluding hydrogens is 316 g/mol. The molecule has 1 saturated heterocycles. The van der Waals surface area contributed by atoms with Crippen molar-refractivity contribution in [3.05, 3.63) is 36.2 Å². The zero-order valence-electron chi connectivity index (χ0n) is 15.4. The number of imidazole rings is 1. The van der Waals surface area contributed by atoms with Gasteiger partial charge >= 0.3 is 6.03 Å². The van der Waals surface area contributed by atoms with Crippen LogP contribution >= 0.6 is 0 Å². The van der Waals surface area contributed by atoms with Crippen LogP contribution in [0.4, 0.5) is 4.79 Å². The predicted molar refractivity (Wildman–Crippen MR) is 96.1 cm³/mol. The molecular formula is C18H28N6O. The molecule has 0 saturated carbocycles. The Bertz CT molecular complexity index is 704. The highest BCUT2D eigenvalue weighted by Gasteiger charge is 2.25. The molecule has 0 spiro atoms. The first-order valence-corrected chi connectivity index (χ1v) is 9.06. The number of nitrogens with zero attached hydrogens (tertiary/aromatic N) is 5. The number of hydrogen-bond donors (Lipinski definition) is 1. The molecule has 3 heterocycles. The number of piperidine rings is 1. The zero-order valence-corrected chi connectivity index (χ0v) is 15.4. The summed E-state index contributed by atoms with van der Waals surface area (Å²) in [6.45, 7) is 9.25. The quantitative estimate of drug-likeness (QED) is 0.906. The molecule has 1 atom stereocenters. The molecule has 0 unspecified atom stereocenters. The molecule has 7 heteroatoms. The number of hydrogen-bond acceptors (Lipinski definition) is 3. The van der Waals surface area contributed by atoms with Crippen LogP contribution in [-0.2, 0) is 13.1 Å². The van der Waals surface area contributed by atoms with E-state index in [2.05, 4.69) is 40.0 Å². The van der Waals surface area contributed by atoms with Crippen LogP contribution < -0.4 is 5.32 Å². The van der Waals surface area contributed by atoms with Crippen molar-refractivity contribution in [3.8, 4) is 0 Å². The third-order valence-electron chi connectivity index (χ3n) is 4.55. The highest BCUT2D eigenvalue weighted by Crippen LogP contribution is 2.21. The van der Waals surface area contributed by atoms with Crippen molar-refractivity contribution in [1.82, 2.24) is 29.5 Å². The van der Waals surface area contributed by atoms with E-state index in [9.17, 15) is 4.79 Å². The van der Waals surface area contributed by atoms with Crippen molar-refractivity contribution >= 4 is 6.03 Å². The van der Waals surface area contributed by atoms with Crippen molar-refractivity contribution in [2.75, 3.05) is 13.1 Å². The molecule has 0 radical (unpaired) electrons. The third kappa shape index (κ3) is 4.41. The minimum atomic E-state index is -0.0207. The van der Waals surface area contributed by atoms with Gasteiger partial charge in [0.15, 0.2) is 0 Å². The van der Waals surface area contributed by atoms with Gasteiger partial charge in [0.05, 0.1) is 18.8 Å². The van der Waals surface area contributed by atoms with E-state index in [0.29, 0.717) is 19.0 Å². The second kappa shape index (κ2) is 7.72. The topological polar surface area (TPSA) is 68.0 Å². The summed E-state index contributed by atoms with van der Waals surface area (Å²) in [5.41, 5.74) is 1.15. The van der Waals surface area contributed by atoms with Gasteiger partial charge in [-0.25, -0.2) is 9.78 Å². The third-order valence-corrected chi connectivity index (χ3v) is 4.55. The molecule has 7 nitrogen and oxygen atoms in total. The monoisotopic (exact) mass is 344 g/mol. The SMILES string of the molecule is Cc1cnn([C@@H]2CCCN(C(=O)NCc3nccn3CC(C)C)C2)c1. The van der Waals surface area contributed by atoms with Gasteiger partial charge in [-0.2, -0.15) is 5.10 Å². The highest BCUT2D eigenvalue weighted by molar-refractivity contribution is 5.74. The predicted octanol–water partition coefficient (Wildman–Crippen LogP) is 2.59. The molecule has 0 aliphatic carbocycles. The van der Waals surface area contributed by atoms with Gasteiger partial charge < -0.3 is 14.8 Å². The molecule has 136 valence electrons. The second-order valence-electron chi connectivity index (χ2n) is 7.29. The second-order valence-corrected chi connectivity index (χ2v) is 7.29. The summed E-state index contributed by atoms with van der Waals surface area (Å²) in [5, 5.41) is 7.42. The normalized spacial score (nSPS) is 17.9. The maximum atomic E-state index is 12.6. The fourth-order valence-electron chi connectivity index (χ4n) is 3.32. The number of likely N-dealkylation sites (tertiary alicyclic amines) is 1. The summed E-state index contributed by atoms with van der Waals surface area (Å²) in [6, 6.07) is 0.240. The highest BCUT2D eigenvalue weighted by atomic mass is 16.2. The largest absolute Gasteiger partial charge is 0.333 e. The Labute approximate surface area is 149 Å². The minimum Gasteiger partial charge on any atom is -0.333 e. The molecule has 1 aliphatic rings. The van der Waals surface area contributed by atoms with Crippen LogP contribution in [0.2, 0.25) is 0 Å². The Morgan fingerprint density at radius 3 is 3.00 bits per heavy atom. The van der Waals surface area contributed by atoms with Crippen molar-refractivity contribution in [1.29, 1.82) is 0 Å². The summed E-state index contributed by atoms with van der Waals surface area (Å²) in [5.74, 6) is 1.45. The van der Waals surface area contributed by atoms with Crippen LogP contribution in [0.15, 0.2) is 24.8 Å². The average Bonchev–Trinajstić information content (AvgIpc) is 3.21. The molecule has 0 aromatic carbocycles. The number of urea groups is 1. The first-order valence-electron chi connectivity index (χ1n) is 9.06. The molecule has 2 aromatic rings. The summed E-state index contributed by atoms with van der Waals surface area (Å²) < 4.78 is 4.10. The van der Waals surface area contributed by atoms with E-state index in [-0.39, 0.29) is 12.1 Å². The lowest BCUT2D eigenvalue weighted by Gasteiger charge is -2.32. The standard InChI is InChI=1S/C18H28N6O/c1-14(2)11-22-8-6-19-17(22)10-20-18(25)23-7-4-5-16(13-23)24-12-15(3)9-21-24/h6,8-9,12,14,16H,4-5,7,10-11,13H2,1-3H3,(H,20,25)/t16-/m1/s1. The lowest BCUT2D eigenvalue weighted by atomic mass is 10.1. The van der Waals surface area contributed by atoms with Gasteiger partial charge in [0, 0.05) is 38.2 Å². The van der Waals surface area contributed by atoms with Gasteiger partial charge in [-0.05, 0) is 31.2 Å². The maximum absolute atomic E-state index is 12.6. The number of nitrogens with one attached hydrogen (secondary N) is 1. The number of rotatable bonds is 5. The fraction of sp³-hybridized carbons (Fsp3) is 0.611. The molecule has 3 rings (SSSR count).